The Kier molecular flexibility index (Phi) is 4.06. The predicted octanol–water partition coefficient (Wildman–Crippen LogP) is 3.62. The van der Waals surface area contributed by atoms with Gasteiger partial charge < -0.3 is 10.1 Å². The number of halogens is 3. The molecule has 0 radical (unpaired) electrons. The van der Waals surface area contributed by atoms with Gasteiger partial charge in [0.1, 0.15) is 17.4 Å². The Balaban J connectivity index is 2.34. The van der Waals surface area contributed by atoms with Crippen molar-refractivity contribution in [1.82, 2.24) is 5.32 Å². The SMILES string of the molecule is CNCc1cc(F)ccc1Oc1cc(F)ccc1F. The van der Waals surface area contributed by atoms with E-state index in [9.17, 15) is 13.2 Å². The maximum atomic E-state index is 13.5. The summed E-state index contributed by atoms with van der Waals surface area (Å²) >= 11 is 0. The number of rotatable bonds is 4. The molecular weight excluding hydrogens is 255 g/mol. The van der Waals surface area contributed by atoms with Crippen molar-refractivity contribution in [3.63, 3.8) is 0 Å². The van der Waals surface area contributed by atoms with Crippen LogP contribution in [-0.2, 0) is 6.54 Å². The molecule has 100 valence electrons. The van der Waals surface area contributed by atoms with Crippen LogP contribution >= 0.6 is 0 Å². The molecule has 0 atom stereocenters. The summed E-state index contributed by atoms with van der Waals surface area (Å²) in [6.07, 6.45) is 0. The van der Waals surface area contributed by atoms with Gasteiger partial charge >= 0.3 is 0 Å². The highest BCUT2D eigenvalue weighted by atomic mass is 19.1. The summed E-state index contributed by atoms with van der Waals surface area (Å²) in [6.45, 7) is 0.351. The lowest BCUT2D eigenvalue weighted by Gasteiger charge is -2.11. The number of benzene rings is 2. The molecule has 0 fully saturated rings. The second-order valence-electron chi connectivity index (χ2n) is 3.96. The number of hydrogen-bond acceptors (Lipinski definition) is 2. The Morgan fingerprint density at radius 3 is 2.37 bits per heavy atom. The summed E-state index contributed by atoms with van der Waals surface area (Å²) in [7, 11) is 1.69. The monoisotopic (exact) mass is 267 g/mol. The third kappa shape index (κ3) is 3.26. The Morgan fingerprint density at radius 1 is 0.947 bits per heavy atom. The Bertz CT molecular complexity index is 587. The highest BCUT2D eigenvalue weighted by molar-refractivity contribution is 5.38. The van der Waals surface area contributed by atoms with Crippen molar-refractivity contribution in [1.29, 1.82) is 0 Å². The van der Waals surface area contributed by atoms with Gasteiger partial charge in [-0.15, -0.1) is 0 Å². The summed E-state index contributed by atoms with van der Waals surface area (Å²) < 4.78 is 45.0. The maximum absolute atomic E-state index is 13.5. The molecule has 0 aliphatic carbocycles. The topological polar surface area (TPSA) is 21.3 Å². The summed E-state index contributed by atoms with van der Waals surface area (Å²) in [5.41, 5.74) is 0.520. The lowest BCUT2D eigenvalue weighted by atomic mass is 10.2. The third-order valence-electron chi connectivity index (χ3n) is 2.50. The highest BCUT2D eigenvalue weighted by Gasteiger charge is 2.10. The maximum Gasteiger partial charge on any atom is 0.165 e. The number of hydrogen-bond donors (Lipinski definition) is 1. The molecule has 0 saturated heterocycles. The van der Waals surface area contributed by atoms with E-state index in [4.69, 9.17) is 4.74 Å². The minimum Gasteiger partial charge on any atom is -0.454 e. The van der Waals surface area contributed by atoms with Gasteiger partial charge in [-0.25, -0.2) is 13.2 Å². The molecule has 0 bridgehead atoms. The number of ether oxygens (including phenoxy) is 1. The van der Waals surface area contributed by atoms with E-state index in [1.54, 1.807) is 7.05 Å². The molecule has 2 rings (SSSR count). The average molecular weight is 267 g/mol. The van der Waals surface area contributed by atoms with Crippen molar-refractivity contribution in [2.45, 2.75) is 6.54 Å². The normalized spacial score (nSPS) is 10.5. The van der Waals surface area contributed by atoms with Crippen molar-refractivity contribution >= 4 is 0 Å². The van der Waals surface area contributed by atoms with Crippen LogP contribution in [0.1, 0.15) is 5.56 Å². The van der Waals surface area contributed by atoms with Crippen LogP contribution < -0.4 is 10.1 Å². The fourth-order valence-electron chi connectivity index (χ4n) is 1.65. The van der Waals surface area contributed by atoms with E-state index in [0.29, 0.717) is 12.1 Å². The molecule has 0 aliphatic heterocycles. The van der Waals surface area contributed by atoms with Crippen molar-refractivity contribution in [3.05, 3.63) is 59.4 Å². The van der Waals surface area contributed by atoms with Crippen molar-refractivity contribution in [2.75, 3.05) is 7.05 Å². The van der Waals surface area contributed by atoms with Crippen molar-refractivity contribution in [3.8, 4) is 11.5 Å². The molecule has 0 saturated carbocycles. The second kappa shape index (κ2) is 5.75. The zero-order valence-corrected chi connectivity index (χ0v) is 10.2. The van der Waals surface area contributed by atoms with Crippen LogP contribution in [-0.4, -0.2) is 7.05 Å². The molecule has 1 N–H and O–H groups in total. The second-order valence-corrected chi connectivity index (χ2v) is 3.96. The molecule has 2 nitrogen and oxygen atoms in total. The van der Waals surface area contributed by atoms with Crippen LogP contribution in [0.3, 0.4) is 0 Å². The first-order chi connectivity index (χ1) is 9.10. The Labute approximate surface area is 108 Å². The van der Waals surface area contributed by atoms with Crippen molar-refractivity contribution in [2.24, 2.45) is 0 Å². The minimum absolute atomic E-state index is 0.232. The van der Waals surface area contributed by atoms with Crippen LogP contribution in [0.4, 0.5) is 13.2 Å². The largest absolute Gasteiger partial charge is 0.454 e. The molecule has 0 aromatic heterocycles. The molecule has 0 heterocycles. The summed E-state index contributed by atoms with van der Waals surface area (Å²) in [6, 6.07) is 6.79. The predicted molar refractivity (Wildman–Crippen MR) is 65.6 cm³/mol. The van der Waals surface area contributed by atoms with Crippen LogP contribution in [0.5, 0.6) is 11.5 Å². The molecule has 5 heteroatoms. The Morgan fingerprint density at radius 2 is 1.63 bits per heavy atom. The fourth-order valence-corrected chi connectivity index (χ4v) is 1.65. The average Bonchev–Trinajstić information content (AvgIpc) is 2.37. The molecule has 0 unspecified atom stereocenters. The van der Waals surface area contributed by atoms with Gasteiger partial charge in [-0.05, 0) is 37.4 Å². The first-order valence-electron chi connectivity index (χ1n) is 5.66. The zero-order valence-electron chi connectivity index (χ0n) is 10.2. The van der Waals surface area contributed by atoms with Gasteiger partial charge in [-0.3, -0.25) is 0 Å². The quantitative estimate of drug-likeness (QED) is 0.913. The van der Waals surface area contributed by atoms with Gasteiger partial charge in [0.05, 0.1) is 0 Å². The molecule has 2 aromatic rings. The number of nitrogens with one attached hydrogen (secondary N) is 1. The van der Waals surface area contributed by atoms with Gasteiger partial charge in [0.15, 0.2) is 11.6 Å². The van der Waals surface area contributed by atoms with Gasteiger partial charge in [0.25, 0.3) is 0 Å². The van der Waals surface area contributed by atoms with Gasteiger partial charge in [-0.1, -0.05) is 0 Å². The van der Waals surface area contributed by atoms with E-state index >= 15 is 0 Å². The lowest BCUT2D eigenvalue weighted by molar-refractivity contribution is 0.430. The highest BCUT2D eigenvalue weighted by Crippen LogP contribution is 2.28. The lowest BCUT2D eigenvalue weighted by Crippen LogP contribution is -2.07. The van der Waals surface area contributed by atoms with Crippen LogP contribution in [0.25, 0.3) is 0 Å². The third-order valence-corrected chi connectivity index (χ3v) is 2.50. The van der Waals surface area contributed by atoms with E-state index in [1.165, 1.54) is 18.2 Å². The molecule has 0 spiro atoms. The Hall–Kier alpha value is -2.01. The molecule has 0 amide bonds. The standard InChI is InChI=1S/C14H12F3NO/c1-18-8-9-6-10(15)3-5-13(9)19-14-7-11(16)2-4-12(14)17/h2-7,18H,8H2,1H3. The minimum atomic E-state index is -0.680. The van der Waals surface area contributed by atoms with E-state index in [0.717, 1.165) is 18.2 Å². The van der Waals surface area contributed by atoms with Gasteiger partial charge in [0, 0.05) is 18.2 Å². The van der Waals surface area contributed by atoms with Gasteiger partial charge in [0.2, 0.25) is 0 Å². The van der Waals surface area contributed by atoms with Crippen LogP contribution in [0.2, 0.25) is 0 Å². The molecular formula is C14H12F3NO. The first-order valence-corrected chi connectivity index (χ1v) is 5.66. The smallest absolute Gasteiger partial charge is 0.165 e. The van der Waals surface area contributed by atoms with E-state index in [2.05, 4.69) is 5.32 Å². The summed E-state index contributed by atoms with van der Waals surface area (Å²) in [5.74, 6) is -1.66. The summed E-state index contributed by atoms with van der Waals surface area (Å²) in [4.78, 5) is 0. The molecule has 0 aliphatic rings. The van der Waals surface area contributed by atoms with Crippen molar-refractivity contribution < 1.29 is 17.9 Å². The first kappa shape index (κ1) is 13.4. The zero-order chi connectivity index (χ0) is 13.8. The molecule has 19 heavy (non-hydrogen) atoms. The van der Waals surface area contributed by atoms with E-state index in [1.807, 2.05) is 0 Å². The molecule has 2 aromatic carbocycles. The van der Waals surface area contributed by atoms with E-state index < -0.39 is 17.5 Å². The fraction of sp³-hybridized carbons (Fsp3) is 0.143. The van der Waals surface area contributed by atoms with Gasteiger partial charge in [-0.2, -0.15) is 0 Å². The van der Waals surface area contributed by atoms with Crippen LogP contribution in [0.15, 0.2) is 36.4 Å². The van der Waals surface area contributed by atoms with E-state index in [-0.39, 0.29) is 11.5 Å². The summed E-state index contributed by atoms with van der Waals surface area (Å²) in [5, 5.41) is 2.85. The van der Waals surface area contributed by atoms with Crippen LogP contribution in [0, 0.1) is 17.5 Å².